The zero-order valence-electron chi connectivity index (χ0n) is 19.3. The highest BCUT2D eigenvalue weighted by Gasteiger charge is 2.16. The maximum Gasteiger partial charge on any atom is 0.230 e. The number of nitrogens with zero attached hydrogens (tertiary/aromatic N) is 5. The monoisotopic (exact) mass is 510 g/mol. The molecular formula is C25H27ClN6O2S. The van der Waals surface area contributed by atoms with Gasteiger partial charge in [-0.3, -0.25) is 9.69 Å². The molecule has 5 rings (SSSR count). The number of thioether (sulfide) groups is 1. The maximum atomic E-state index is 12.4. The van der Waals surface area contributed by atoms with E-state index in [4.69, 9.17) is 21.3 Å². The SMILES string of the molecule is O=C(CSc1nnc2c3ccccc3n(Cc3cccc(Cl)c3)c2n1)NCCCN1CCOCC1. The number of nitrogens with one attached hydrogen (secondary N) is 1. The Morgan fingerprint density at radius 1 is 1.11 bits per heavy atom. The van der Waals surface area contributed by atoms with Crippen LogP contribution in [0, 0.1) is 0 Å². The highest BCUT2D eigenvalue weighted by atomic mass is 35.5. The molecule has 0 atom stereocenters. The molecule has 0 spiro atoms. The van der Waals surface area contributed by atoms with Crippen LogP contribution in [0.5, 0.6) is 0 Å². The summed E-state index contributed by atoms with van der Waals surface area (Å²) in [7, 11) is 0. The molecule has 1 N–H and O–H groups in total. The van der Waals surface area contributed by atoms with Gasteiger partial charge in [0.05, 0.1) is 24.5 Å². The lowest BCUT2D eigenvalue weighted by molar-refractivity contribution is -0.118. The minimum Gasteiger partial charge on any atom is -0.379 e. The zero-order valence-corrected chi connectivity index (χ0v) is 20.9. The van der Waals surface area contributed by atoms with Gasteiger partial charge in [-0.05, 0) is 36.7 Å². The van der Waals surface area contributed by atoms with E-state index in [2.05, 4.69) is 31.0 Å². The highest BCUT2D eigenvalue weighted by Crippen LogP contribution is 2.28. The number of carbonyl (C=O) groups excluding carboxylic acids is 1. The van der Waals surface area contributed by atoms with E-state index in [1.807, 2.05) is 42.5 Å². The van der Waals surface area contributed by atoms with Crippen LogP contribution in [0.25, 0.3) is 22.1 Å². The second-order valence-corrected chi connectivity index (χ2v) is 9.82. The summed E-state index contributed by atoms with van der Waals surface area (Å²) in [6.07, 6.45) is 0.921. The molecule has 35 heavy (non-hydrogen) atoms. The summed E-state index contributed by atoms with van der Waals surface area (Å²) in [6, 6.07) is 15.9. The summed E-state index contributed by atoms with van der Waals surface area (Å²) in [6.45, 7) is 5.74. The van der Waals surface area contributed by atoms with Crippen LogP contribution in [0.1, 0.15) is 12.0 Å². The third kappa shape index (κ3) is 5.92. The second-order valence-electron chi connectivity index (χ2n) is 8.45. The topological polar surface area (TPSA) is 85.2 Å². The van der Waals surface area contributed by atoms with Gasteiger partial charge in [0.1, 0.15) is 5.52 Å². The molecule has 2 aromatic heterocycles. The average Bonchev–Trinajstić information content (AvgIpc) is 3.19. The standard InChI is InChI=1S/C25H27ClN6O2S/c26-19-6-3-5-18(15-19)16-32-21-8-2-1-7-20(21)23-24(32)28-25(30-29-23)35-17-22(33)27-9-4-10-31-11-13-34-14-12-31/h1-3,5-8,15H,4,9-14,16-17H2,(H,27,33). The van der Waals surface area contributed by atoms with E-state index in [-0.39, 0.29) is 11.7 Å². The first-order chi connectivity index (χ1) is 17.2. The number of amides is 1. The molecule has 1 saturated heterocycles. The fraction of sp³-hybridized carbons (Fsp3) is 0.360. The lowest BCUT2D eigenvalue weighted by atomic mass is 10.2. The Morgan fingerprint density at radius 2 is 1.97 bits per heavy atom. The summed E-state index contributed by atoms with van der Waals surface area (Å²) >= 11 is 7.51. The van der Waals surface area contributed by atoms with Gasteiger partial charge < -0.3 is 14.6 Å². The van der Waals surface area contributed by atoms with Crippen molar-refractivity contribution in [3.63, 3.8) is 0 Å². The van der Waals surface area contributed by atoms with Crippen LogP contribution in [0.4, 0.5) is 0 Å². The van der Waals surface area contributed by atoms with Crippen molar-refractivity contribution in [3.05, 3.63) is 59.1 Å². The molecule has 0 bridgehead atoms. The Hall–Kier alpha value is -2.72. The fourth-order valence-electron chi connectivity index (χ4n) is 4.26. The van der Waals surface area contributed by atoms with Crippen LogP contribution in [-0.4, -0.2) is 75.7 Å². The van der Waals surface area contributed by atoms with E-state index >= 15 is 0 Å². The summed E-state index contributed by atoms with van der Waals surface area (Å²) in [5.41, 5.74) is 3.60. The molecule has 8 nitrogen and oxygen atoms in total. The van der Waals surface area contributed by atoms with Crippen molar-refractivity contribution < 1.29 is 9.53 Å². The molecule has 2 aromatic carbocycles. The minimum absolute atomic E-state index is 0.0276. The summed E-state index contributed by atoms with van der Waals surface area (Å²) in [5, 5.41) is 13.9. The Bertz CT molecular complexity index is 1320. The van der Waals surface area contributed by atoms with Crippen molar-refractivity contribution in [3.8, 4) is 0 Å². The fourth-order valence-corrected chi connectivity index (χ4v) is 5.09. The Morgan fingerprint density at radius 3 is 2.83 bits per heavy atom. The predicted molar refractivity (Wildman–Crippen MR) is 139 cm³/mol. The number of rotatable bonds is 9. The van der Waals surface area contributed by atoms with E-state index in [9.17, 15) is 4.79 Å². The average molecular weight is 511 g/mol. The lowest BCUT2D eigenvalue weighted by Crippen LogP contribution is -2.38. The van der Waals surface area contributed by atoms with E-state index in [0.29, 0.717) is 23.3 Å². The largest absolute Gasteiger partial charge is 0.379 e. The molecule has 10 heteroatoms. The maximum absolute atomic E-state index is 12.4. The van der Waals surface area contributed by atoms with Crippen LogP contribution in [0.15, 0.2) is 53.7 Å². The molecule has 182 valence electrons. The number of para-hydroxylation sites is 1. The number of ether oxygens (including phenoxy) is 1. The van der Waals surface area contributed by atoms with E-state index < -0.39 is 0 Å². The van der Waals surface area contributed by atoms with Gasteiger partial charge in [-0.1, -0.05) is 53.7 Å². The van der Waals surface area contributed by atoms with Crippen molar-refractivity contribution in [1.29, 1.82) is 0 Å². The van der Waals surface area contributed by atoms with Crippen LogP contribution >= 0.6 is 23.4 Å². The van der Waals surface area contributed by atoms with Gasteiger partial charge in [0.25, 0.3) is 0 Å². The number of benzene rings is 2. The Labute approximate surface area is 213 Å². The second kappa shape index (κ2) is 11.3. The van der Waals surface area contributed by atoms with Gasteiger partial charge in [-0.15, -0.1) is 10.2 Å². The molecule has 1 aliphatic heterocycles. The quantitative estimate of drug-likeness (QED) is 0.272. The third-order valence-corrected chi connectivity index (χ3v) is 7.07. The van der Waals surface area contributed by atoms with Crippen LogP contribution in [0.2, 0.25) is 5.02 Å². The van der Waals surface area contributed by atoms with Gasteiger partial charge in [0.15, 0.2) is 5.65 Å². The molecule has 4 aromatic rings. The van der Waals surface area contributed by atoms with Crippen molar-refractivity contribution in [2.75, 3.05) is 45.1 Å². The number of halogens is 1. The first kappa shape index (κ1) is 24.0. The van der Waals surface area contributed by atoms with Crippen molar-refractivity contribution in [1.82, 2.24) is 30.0 Å². The summed E-state index contributed by atoms with van der Waals surface area (Å²) < 4.78 is 7.49. The van der Waals surface area contributed by atoms with Crippen molar-refractivity contribution >= 4 is 51.3 Å². The van der Waals surface area contributed by atoms with Crippen molar-refractivity contribution in [2.24, 2.45) is 0 Å². The van der Waals surface area contributed by atoms with Crippen LogP contribution in [0.3, 0.4) is 0 Å². The Balaban J connectivity index is 1.25. The van der Waals surface area contributed by atoms with Gasteiger partial charge in [-0.25, -0.2) is 4.98 Å². The first-order valence-corrected chi connectivity index (χ1v) is 13.1. The molecule has 0 saturated carbocycles. The Kier molecular flexibility index (Phi) is 7.78. The van der Waals surface area contributed by atoms with Crippen LogP contribution in [-0.2, 0) is 16.1 Å². The van der Waals surface area contributed by atoms with Gasteiger partial charge in [0, 0.05) is 36.6 Å². The highest BCUT2D eigenvalue weighted by molar-refractivity contribution is 7.99. The lowest BCUT2D eigenvalue weighted by Gasteiger charge is -2.26. The zero-order chi connectivity index (χ0) is 24.0. The van der Waals surface area contributed by atoms with Gasteiger partial charge >= 0.3 is 0 Å². The predicted octanol–water partition coefficient (Wildman–Crippen LogP) is 3.61. The number of aromatic nitrogens is 4. The van der Waals surface area contributed by atoms with Gasteiger partial charge in [0.2, 0.25) is 11.1 Å². The summed E-state index contributed by atoms with van der Waals surface area (Å²) in [4.78, 5) is 19.5. The molecule has 3 heterocycles. The molecule has 0 aliphatic carbocycles. The number of hydrogen-bond donors (Lipinski definition) is 1. The molecule has 1 amide bonds. The first-order valence-electron chi connectivity index (χ1n) is 11.7. The van der Waals surface area contributed by atoms with E-state index in [0.717, 1.165) is 66.9 Å². The van der Waals surface area contributed by atoms with Crippen molar-refractivity contribution in [2.45, 2.75) is 18.1 Å². The molecular weight excluding hydrogens is 484 g/mol. The third-order valence-electron chi connectivity index (χ3n) is 5.99. The normalized spacial score (nSPS) is 14.5. The summed E-state index contributed by atoms with van der Waals surface area (Å²) in [5.74, 6) is 0.222. The number of carbonyl (C=O) groups is 1. The molecule has 1 aliphatic rings. The van der Waals surface area contributed by atoms with Gasteiger partial charge in [-0.2, -0.15) is 0 Å². The molecule has 1 fully saturated rings. The van der Waals surface area contributed by atoms with Crippen LogP contribution < -0.4 is 5.32 Å². The smallest absolute Gasteiger partial charge is 0.230 e. The molecule has 0 radical (unpaired) electrons. The van der Waals surface area contributed by atoms with E-state index in [1.54, 1.807) is 0 Å². The number of morpholine rings is 1. The number of hydrogen-bond acceptors (Lipinski definition) is 7. The number of fused-ring (bicyclic) bond motifs is 3. The minimum atomic E-state index is -0.0276. The van der Waals surface area contributed by atoms with E-state index in [1.165, 1.54) is 11.8 Å². The molecule has 0 unspecified atom stereocenters.